The van der Waals surface area contributed by atoms with Crippen LogP contribution in [0.5, 0.6) is 0 Å². The largest absolute Gasteiger partial charge is 0.310 e. The first-order valence-corrected chi connectivity index (χ1v) is 8.19. The van der Waals surface area contributed by atoms with Crippen molar-refractivity contribution in [2.45, 2.75) is 37.1 Å². The summed E-state index contributed by atoms with van der Waals surface area (Å²) in [6, 6.07) is 17.3. The summed E-state index contributed by atoms with van der Waals surface area (Å²) in [6.07, 6.45) is 0. The zero-order valence-electron chi connectivity index (χ0n) is 11.9. The molecular weight excluding hydrogens is 286 g/mol. The van der Waals surface area contributed by atoms with E-state index in [-0.39, 0.29) is 0 Å². The van der Waals surface area contributed by atoms with Gasteiger partial charge in [-0.1, -0.05) is 49.7 Å². The number of thioether (sulfide) groups is 1. The Morgan fingerprint density at radius 2 is 1.55 bits per heavy atom. The zero-order chi connectivity index (χ0) is 14.4. The molecule has 1 nitrogen and oxygen atoms in total. The van der Waals surface area contributed by atoms with Gasteiger partial charge in [0.1, 0.15) is 0 Å². The van der Waals surface area contributed by atoms with Gasteiger partial charge >= 0.3 is 0 Å². The molecule has 0 aliphatic rings. The van der Waals surface area contributed by atoms with Crippen LogP contribution in [0.3, 0.4) is 0 Å². The Morgan fingerprint density at radius 1 is 0.950 bits per heavy atom. The molecule has 0 fully saturated rings. The predicted octanol–water partition coefficient (Wildman–Crippen LogP) is 5.13. The Kier molecular flexibility index (Phi) is 5.96. The highest BCUT2D eigenvalue weighted by atomic mass is 35.5. The summed E-state index contributed by atoms with van der Waals surface area (Å²) in [7, 11) is 0. The smallest absolute Gasteiger partial charge is 0.0406 e. The molecule has 0 atom stereocenters. The van der Waals surface area contributed by atoms with Gasteiger partial charge in [-0.15, -0.1) is 11.8 Å². The van der Waals surface area contributed by atoms with Gasteiger partial charge in [-0.3, -0.25) is 0 Å². The van der Waals surface area contributed by atoms with Crippen LogP contribution in [-0.2, 0) is 12.3 Å². The van der Waals surface area contributed by atoms with Crippen molar-refractivity contribution in [3.8, 4) is 0 Å². The quantitative estimate of drug-likeness (QED) is 0.742. The molecule has 0 saturated carbocycles. The van der Waals surface area contributed by atoms with Crippen molar-refractivity contribution < 1.29 is 0 Å². The van der Waals surface area contributed by atoms with Crippen LogP contribution in [0.2, 0.25) is 5.02 Å². The van der Waals surface area contributed by atoms with Crippen LogP contribution in [-0.4, -0.2) is 6.04 Å². The number of hydrogen-bond acceptors (Lipinski definition) is 2. The maximum atomic E-state index is 5.89. The number of rotatable bonds is 6. The van der Waals surface area contributed by atoms with Crippen molar-refractivity contribution in [2.75, 3.05) is 0 Å². The van der Waals surface area contributed by atoms with Crippen LogP contribution in [0.4, 0.5) is 0 Å². The van der Waals surface area contributed by atoms with Gasteiger partial charge in [-0.05, 0) is 35.4 Å². The third kappa shape index (κ3) is 5.20. The first kappa shape index (κ1) is 15.4. The number of hydrogen-bond donors (Lipinski definition) is 1. The summed E-state index contributed by atoms with van der Waals surface area (Å²) in [6.45, 7) is 5.26. The molecule has 0 unspecified atom stereocenters. The van der Waals surface area contributed by atoms with Gasteiger partial charge in [-0.25, -0.2) is 0 Å². The van der Waals surface area contributed by atoms with Crippen molar-refractivity contribution in [1.29, 1.82) is 0 Å². The minimum absolute atomic E-state index is 0.522. The Hall–Kier alpha value is -0.960. The molecule has 0 bridgehead atoms. The molecule has 0 radical (unpaired) electrons. The van der Waals surface area contributed by atoms with E-state index in [2.05, 4.69) is 55.6 Å². The fourth-order valence-corrected chi connectivity index (χ4v) is 2.75. The monoisotopic (exact) mass is 305 g/mol. The van der Waals surface area contributed by atoms with Crippen LogP contribution in [0.15, 0.2) is 53.4 Å². The molecule has 20 heavy (non-hydrogen) atoms. The molecule has 0 amide bonds. The van der Waals surface area contributed by atoms with Crippen LogP contribution < -0.4 is 5.32 Å². The van der Waals surface area contributed by atoms with E-state index < -0.39 is 0 Å². The van der Waals surface area contributed by atoms with Gasteiger partial charge in [0.25, 0.3) is 0 Å². The first-order valence-electron chi connectivity index (χ1n) is 6.83. The Labute approximate surface area is 130 Å². The Bertz CT molecular complexity index is 520. The molecule has 106 valence electrons. The Balaban J connectivity index is 1.85. The van der Waals surface area contributed by atoms with E-state index in [9.17, 15) is 0 Å². The lowest BCUT2D eigenvalue weighted by Crippen LogP contribution is -2.21. The fourth-order valence-electron chi connectivity index (χ4n) is 1.77. The SMILES string of the molecule is CC(C)NCc1ccc(SCc2ccc(Cl)cc2)cc1. The van der Waals surface area contributed by atoms with E-state index in [1.54, 1.807) is 0 Å². The summed E-state index contributed by atoms with van der Waals surface area (Å²) >= 11 is 7.73. The normalized spacial score (nSPS) is 11.0. The average Bonchev–Trinajstić information content (AvgIpc) is 2.45. The molecule has 0 aliphatic carbocycles. The van der Waals surface area contributed by atoms with Crippen LogP contribution in [0.25, 0.3) is 0 Å². The number of halogens is 1. The topological polar surface area (TPSA) is 12.0 Å². The van der Waals surface area contributed by atoms with Crippen LogP contribution in [0.1, 0.15) is 25.0 Å². The second-order valence-corrected chi connectivity index (χ2v) is 6.58. The number of nitrogens with one attached hydrogen (secondary N) is 1. The third-order valence-electron chi connectivity index (χ3n) is 2.96. The van der Waals surface area contributed by atoms with Gasteiger partial charge in [0, 0.05) is 28.3 Å². The molecular formula is C17H20ClNS. The summed E-state index contributed by atoms with van der Waals surface area (Å²) in [5, 5.41) is 4.22. The fraction of sp³-hybridized carbons (Fsp3) is 0.294. The molecule has 0 heterocycles. The van der Waals surface area contributed by atoms with Crippen molar-refractivity contribution in [1.82, 2.24) is 5.32 Å². The highest BCUT2D eigenvalue weighted by molar-refractivity contribution is 7.98. The van der Waals surface area contributed by atoms with Gasteiger partial charge in [0.05, 0.1) is 0 Å². The summed E-state index contributed by atoms with van der Waals surface area (Å²) in [5.74, 6) is 0.973. The lowest BCUT2D eigenvalue weighted by molar-refractivity contribution is 0.588. The minimum atomic E-state index is 0.522. The van der Waals surface area contributed by atoms with E-state index >= 15 is 0 Å². The van der Waals surface area contributed by atoms with Crippen molar-refractivity contribution >= 4 is 23.4 Å². The van der Waals surface area contributed by atoms with Crippen molar-refractivity contribution in [3.05, 3.63) is 64.7 Å². The van der Waals surface area contributed by atoms with Gasteiger partial charge in [-0.2, -0.15) is 0 Å². The molecule has 0 aromatic heterocycles. The maximum absolute atomic E-state index is 5.89. The van der Waals surface area contributed by atoms with E-state index in [4.69, 9.17) is 11.6 Å². The first-order chi connectivity index (χ1) is 9.63. The van der Waals surface area contributed by atoms with Crippen LogP contribution in [0, 0.1) is 0 Å². The highest BCUT2D eigenvalue weighted by Gasteiger charge is 1.99. The molecule has 2 aromatic rings. The second kappa shape index (κ2) is 7.72. The molecule has 2 rings (SSSR count). The number of benzene rings is 2. The van der Waals surface area contributed by atoms with E-state index in [0.717, 1.165) is 17.3 Å². The minimum Gasteiger partial charge on any atom is -0.310 e. The molecule has 1 N–H and O–H groups in total. The van der Waals surface area contributed by atoms with E-state index in [1.165, 1.54) is 16.0 Å². The van der Waals surface area contributed by atoms with Gasteiger partial charge < -0.3 is 5.32 Å². The van der Waals surface area contributed by atoms with Gasteiger partial charge in [0.15, 0.2) is 0 Å². The maximum Gasteiger partial charge on any atom is 0.0406 e. The molecule has 0 spiro atoms. The summed E-state index contributed by atoms with van der Waals surface area (Å²) in [5.41, 5.74) is 2.62. The standard InChI is InChI=1S/C17H20ClNS/c1-13(2)19-11-14-5-9-17(10-6-14)20-12-15-3-7-16(18)8-4-15/h3-10,13,19H,11-12H2,1-2H3. The predicted molar refractivity (Wildman–Crippen MR) is 89.4 cm³/mol. The lowest BCUT2D eigenvalue weighted by Gasteiger charge is -2.08. The Morgan fingerprint density at radius 3 is 2.15 bits per heavy atom. The second-order valence-electron chi connectivity index (χ2n) is 5.09. The zero-order valence-corrected chi connectivity index (χ0v) is 13.5. The van der Waals surface area contributed by atoms with Gasteiger partial charge in [0.2, 0.25) is 0 Å². The molecule has 0 aliphatic heterocycles. The van der Waals surface area contributed by atoms with E-state index in [0.29, 0.717) is 6.04 Å². The molecule has 3 heteroatoms. The van der Waals surface area contributed by atoms with Crippen molar-refractivity contribution in [2.24, 2.45) is 0 Å². The average molecular weight is 306 g/mol. The molecule has 2 aromatic carbocycles. The molecule has 0 saturated heterocycles. The third-order valence-corrected chi connectivity index (χ3v) is 4.29. The van der Waals surface area contributed by atoms with E-state index in [1.807, 2.05) is 23.9 Å². The lowest BCUT2D eigenvalue weighted by atomic mass is 10.2. The summed E-state index contributed by atoms with van der Waals surface area (Å²) in [4.78, 5) is 1.30. The van der Waals surface area contributed by atoms with Crippen LogP contribution >= 0.6 is 23.4 Å². The summed E-state index contributed by atoms with van der Waals surface area (Å²) < 4.78 is 0. The highest BCUT2D eigenvalue weighted by Crippen LogP contribution is 2.23. The van der Waals surface area contributed by atoms with Crippen molar-refractivity contribution in [3.63, 3.8) is 0 Å².